The number of halogens is 1. The van der Waals surface area contributed by atoms with E-state index in [0.717, 1.165) is 6.54 Å². The lowest BCUT2D eigenvalue weighted by Gasteiger charge is -2.24. The van der Waals surface area contributed by atoms with Crippen LogP contribution in [0.3, 0.4) is 0 Å². The number of rotatable bonds is 1. The fourth-order valence-electron chi connectivity index (χ4n) is 1.70. The molecule has 1 aliphatic rings. The first-order chi connectivity index (χ1) is 6.79. The van der Waals surface area contributed by atoms with Crippen molar-refractivity contribution < 1.29 is 9.13 Å². The van der Waals surface area contributed by atoms with Gasteiger partial charge in [0.25, 0.3) is 0 Å². The van der Waals surface area contributed by atoms with Crippen LogP contribution in [0.1, 0.15) is 17.2 Å². The normalized spacial score (nSPS) is 22.3. The average Bonchev–Trinajstić information content (AvgIpc) is 2.23. The maximum atomic E-state index is 13.7. The van der Waals surface area contributed by atoms with Gasteiger partial charge >= 0.3 is 0 Å². The first kappa shape index (κ1) is 9.62. The number of ether oxygens (including phenoxy) is 1. The summed E-state index contributed by atoms with van der Waals surface area (Å²) >= 11 is 0. The third-order valence-corrected chi connectivity index (χ3v) is 2.52. The highest BCUT2D eigenvalue weighted by atomic mass is 19.1. The Morgan fingerprint density at radius 2 is 2.36 bits per heavy atom. The predicted molar refractivity (Wildman–Crippen MR) is 52.7 cm³/mol. The molecule has 76 valence electrons. The number of nitrogens with one attached hydrogen (secondary N) is 1. The molecule has 0 aromatic heterocycles. The molecule has 0 bridgehead atoms. The van der Waals surface area contributed by atoms with Gasteiger partial charge in [-0.1, -0.05) is 18.2 Å². The Labute approximate surface area is 83.1 Å². The van der Waals surface area contributed by atoms with Crippen LogP contribution in [-0.4, -0.2) is 19.8 Å². The van der Waals surface area contributed by atoms with Crippen molar-refractivity contribution in [3.05, 3.63) is 35.1 Å². The van der Waals surface area contributed by atoms with E-state index in [0.29, 0.717) is 24.3 Å². The molecule has 1 atom stereocenters. The molecule has 1 saturated heterocycles. The van der Waals surface area contributed by atoms with Crippen LogP contribution in [0.5, 0.6) is 0 Å². The van der Waals surface area contributed by atoms with Gasteiger partial charge in [-0.05, 0) is 12.5 Å². The number of benzene rings is 1. The Kier molecular flexibility index (Phi) is 2.79. The van der Waals surface area contributed by atoms with Crippen molar-refractivity contribution in [1.82, 2.24) is 5.32 Å². The van der Waals surface area contributed by atoms with Crippen LogP contribution in [-0.2, 0) is 4.74 Å². The summed E-state index contributed by atoms with van der Waals surface area (Å²) in [5, 5.41) is 3.24. The zero-order valence-corrected chi connectivity index (χ0v) is 8.22. The molecule has 2 nitrogen and oxygen atoms in total. The molecular weight excluding hydrogens is 181 g/mol. The Morgan fingerprint density at radius 1 is 1.50 bits per heavy atom. The first-order valence-electron chi connectivity index (χ1n) is 4.85. The Morgan fingerprint density at radius 3 is 3.07 bits per heavy atom. The minimum atomic E-state index is -0.115. The quantitative estimate of drug-likeness (QED) is 0.737. The maximum Gasteiger partial charge on any atom is 0.130 e. The highest BCUT2D eigenvalue weighted by Crippen LogP contribution is 2.21. The maximum absolute atomic E-state index is 13.7. The van der Waals surface area contributed by atoms with E-state index in [2.05, 4.69) is 5.32 Å². The highest BCUT2D eigenvalue weighted by Gasteiger charge is 2.18. The summed E-state index contributed by atoms with van der Waals surface area (Å²) in [6, 6.07) is 5.48. The molecule has 0 amide bonds. The lowest BCUT2D eigenvalue weighted by Crippen LogP contribution is -2.35. The summed E-state index contributed by atoms with van der Waals surface area (Å²) in [7, 11) is 0. The van der Waals surface area contributed by atoms with Crippen LogP contribution in [0.15, 0.2) is 18.2 Å². The number of hydrogen-bond acceptors (Lipinski definition) is 2. The molecule has 14 heavy (non-hydrogen) atoms. The van der Waals surface area contributed by atoms with E-state index in [1.54, 1.807) is 13.0 Å². The Balaban J connectivity index is 2.26. The van der Waals surface area contributed by atoms with Crippen molar-refractivity contribution in [2.24, 2.45) is 0 Å². The molecule has 1 aromatic carbocycles. The van der Waals surface area contributed by atoms with Crippen LogP contribution < -0.4 is 5.32 Å². The summed E-state index contributed by atoms with van der Waals surface area (Å²) in [6.45, 7) is 3.84. The van der Waals surface area contributed by atoms with Crippen molar-refractivity contribution >= 4 is 0 Å². The molecule has 3 heteroatoms. The van der Waals surface area contributed by atoms with Crippen LogP contribution in [0.2, 0.25) is 0 Å². The van der Waals surface area contributed by atoms with Crippen molar-refractivity contribution in [1.29, 1.82) is 0 Å². The van der Waals surface area contributed by atoms with Gasteiger partial charge in [0.15, 0.2) is 0 Å². The number of aryl methyl sites for hydroxylation is 1. The third-order valence-electron chi connectivity index (χ3n) is 2.52. The van der Waals surface area contributed by atoms with Gasteiger partial charge in [-0.25, -0.2) is 4.39 Å². The first-order valence-corrected chi connectivity index (χ1v) is 4.85. The lowest BCUT2D eigenvalue weighted by atomic mass is 10.0. The minimum Gasteiger partial charge on any atom is -0.378 e. The fraction of sp³-hybridized carbons (Fsp3) is 0.455. The molecule has 1 aromatic rings. The fourth-order valence-corrected chi connectivity index (χ4v) is 1.70. The van der Waals surface area contributed by atoms with Gasteiger partial charge in [-0.15, -0.1) is 0 Å². The van der Waals surface area contributed by atoms with Crippen LogP contribution >= 0.6 is 0 Å². The molecule has 0 saturated carbocycles. The van der Waals surface area contributed by atoms with Gasteiger partial charge in [0.05, 0.1) is 19.3 Å². The Hall–Kier alpha value is -0.930. The SMILES string of the molecule is Cc1cccc(C2COCCN2)c1F. The van der Waals surface area contributed by atoms with Crippen LogP contribution in [0.4, 0.5) is 4.39 Å². The second-order valence-electron chi connectivity index (χ2n) is 3.56. The van der Waals surface area contributed by atoms with Crippen molar-refractivity contribution in [3.63, 3.8) is 0 Å². The van der Waals surface area contributed by atoms with Gasteiger partial charge in [0, 0.05) is 12.1 Å². The van der Waals surface area contributed by atoms with Gasteiger partial charge in [-0.3, -0.25) is 0 Å². The zero-order chi connectivity index (χ0) is 9.97. The van der Waals surface area contributed by atoms with Crippen LogP contribution in [0.25, 0.3) is 0 Å². The summed E-state index contributed by atoms with van der Waals surface area (Å²) in [4.78, 5) is 0. The topological polar surface area (TPSA) is 21.3 Å². The molecule has 1 aliphatic heterocycles. The van der Waals surface area contributed by atoms with Crippen molar-refractivity contribution in [3.8, 4) is 0 Å². The summed E-state index contributed by atoms with van der Waals surface area (Å²) < 4.78 is 19.0. The molecular formula is C11H14FNO. The van der Waals surface area contributed by atoms with Gasteiger partial charge in [0.2, 0.25) is 0 Å². The molecule has 1 fully saturated rings. The van der Waals surface area contributed by atoms with Gasteiger partial charge in [-0.2, -0.15) is 0 Å². The molecule has 1 N–H and O–H groups in total. The summed E-state index contributed by atoms with van der Waals surface area (Å²) in [5.41, 5.74) is 1.40. The molecule has 1 unspecified atom stereocenters. The standard InChI is InChI=1S/C11H14FNO/c1-8-3-2-4-9(11(8)12)10-7-14-6-5-13-10/h2-4,10,13H,5-7H2,1H3. The summed E-state index contributed by atoms with van der Waals surface area (Å²) in [6.07, 6.45) is 0. The van der Waals surface area contributed by atoms with Gasteiger partial charge < -0.3 is 10.1 Å². The molecule has 0 radical (unpaired) electrons. The van der Waals surface area contributed by atoms with E-state index in [1.165, 1.54) is 0 Å². The van der Waals surface area contributed by atoms with E-state index in [-0.39, 0.29) is 11.9 Å². The second-order valence-corrected chi connectivity index (χ2v) is 3.56. The third kappa shape index (κ3) is 1.79. The largest absolute Gasteiger partial charge is 0.378 e. The van der Waals surface area contributed by atoms with E-state index in [9.17, 15) is 4.39 Å². The van der Waals surface area contributed by atoms with E-state index < -0.39 is 0 Å². The lowest BCUT2D eigenvalue weighted by molar-refractivity contribution is 0.0757. The smallest absolute Gasteiger partial charge is 0.130 e. The average molecular weight is 195 g/mol. The number of hydrogen-bond donors (Lipinski definition) is 1. The Bertz CT molecular complexity index is 321. The van der Waals surface area contributed by atoms with E-state index >= 15 is 0 Å². The monoisotopic (exact) mass is 195 g/mol. The zero-order valence-electron chi connectivity index (χ0n) is 8.22. The summed E-state index contributed by atoms with van der Waals surface area (Å²) in [5.74, 6) is -0.115. The molecule has 1 heterocycles. The molecule has 2 rings (SSSR count). The van der Waals surface area contributed by atoms with Gasteiger partial charge in [0.1, 0.15) is 5.82 Å². The predicted octanol–water partition coefficient (Wildman–Crippen LogP) is 1.80. The number of morpholine rings is 1. The minimum absolute atomic E-state index is 0.00338. The van der Waals surface area contributed by atoms with Crippen LogP contribution in [0, 0.1) is 12.7 Å². The second kappa shape index (κ2) is 4.07. The highest BCUT2D eigenvalue weighted by molar-refractivity contribution is 5.27. The van der Waals surface area contributed by atoms with Crippen molar-refractivity contribution in [2.75, 3.05) is 19.8 Å². The van der Waals surface area contributed by atoms with E-state index in [4.69, 9.17) is 4.74 Å². The van der Waals surface area contributed by atoms with E-state index in [1.807, 2.05) is 12.1 Å². The van der Waals surface area contributed by atoms with Crippen molar-refractivity contribution in [2.45, 2.75) is 13.0 Å². The molecule has 0 spiro atoms. The molecule has 0 aliphatic carbocycles.